The first kappa shape index (κ1) is 21.7. The second-order valence-electron chi connectivity index (χ2n) is 8.12. The van der Waals surface area contributed by atoms with Gasteiger partial charge in [0.2, 0.25) is 0 Å². The van der Waals surface area contributed by atoms with E-state index in [4.69, 9.17) is 14.2 Å². The van der Waals surface area contributed by atoms with Crippen molar-refractivity contribution in [3.05, 3.63) is 35.4 Å². The first-order chi connectivity index (χ1) is 12.9. The van der Waals surface area contributed by atoms with Crippen LogP contribution in [0.5, 0.6) is 0 Å². The molecule has 0 saturated carbocycles. The molecule has 5 heteroatoms. The summed E-state index contributed by atoms with van der Waals surface area (Å²) >= 11 is 0. The van der Waals surface area contributed by atoms with Crippen molar-refractivity contribution < 1.29 is 19.0 Å². The van der Waals surface area contributed by atoms with Crippen molar-refractivity contribution in [3.8, 4) is 0 Å². The lowest BCUT2D eigenvalue weighted by Gasteiger charge is -2.22. The van der Waals surface area contributed by atoms with Gasteiger partial charge in [-0.25, -0.2) is 4.79 Å². The summed E-state index contributed by atoms with van der Waals surface area (Å²) in [5.74, 6) is 0. The maximum Gasteiger partial charge on any atom is 0.407 e. The molecule has 1 aromatic carbocycles. The summed E-state index contributed by atoms with van der Waals surface area (Å²) in [5, 5.41) is 2.79. The Balaban J connectivity index is 1.56. The maximum atomic E-state index is 11.6. The van der Waals surface area contributed by atoms with E-state index in [9.17, 15) is 4.79 Å². The first-order valence-electron chi connectivity index (χ1n) is 10.2. The number of amides is 1. The molecule has 5 nitrogen and oxygen atoms in total. The summed E-state index contributed by atoms with van der Waals surface area (Å²) in [6, 6.07) is 8.62. The fraction of sp³-hybridized carbons (Fsp3) is 0.682. The Morgan fingerprint density at radius 2 is 1.81 bits per heavy atom. The van der Waals surface area contributed by atoms with E-state index in [1.165, 1.54) is 17.5 Å². The molecule has 152 valence electrons. The Morgan fingerprint density at radius 1 is 1.11 bits per heavy atom. The Kier molecular flexibility index (Phi) is 9.08. The van der Waals surface area contributed by atoms with Crippen molar-refractivity contribution in [2.75, 3.05) is 19.8 Å². The zero-order chi connectivity index (χ0) is 19.5. The van der Waals surface area contributed by atoms with Crippen molar-refractivity contribution in [1.29, 1.82) is 0 Å². The number of benzene rings is 1. The molecule has 1 amide bonds. The van der Waals surface area contributed by atoms with Crippen LogP contribution in [0.15, 0.2) is 24.3 Å². The zero-order valence-corrected chi connectivity index (χ0v) is 17.1. The van der Waals surface area contributed by atoms with E-state index in [0.717, 1.165) is 51.7 Å². The van der Waals surface area contributed by atoms with E-state index in [0.29, 0.717) is 6.54 Å². The number of unbranched alkanes of at least 4 members (excludes halogenated alkanes) is 1. The van der Waals surface area contributed by atoms with Crippen molar-refractivity contribution >= 4 is 6.09 Å². The molecule has 1 atom stereocenters. The monoisotopic (exact) mass is 377 g/mol. The quantitative estimate of drug-likeness (QED) is 0.638. The third-order valence-electron chi connectivity index (χ3n) is 4.41. The van der Waals surface area contributed by atoms with Gasteiger partial charge in [-0.15, -0.1) is 0 Å². The molecule has 0 spiro atoms. The van der Waals surface area contributed by atoms with Crippen LogP contribution in [-0.2, 0) is 27.1 Å². The third kappa shape index (κ3) is 9.78. The van der Waals surface area contributed by atoms with Gasteiger partial charge in [0.25, 0.3) is 0 Å². The number of hydrogen-bond donors (Lipinski definition) is 1. The molecule has 1 heterocycles. The van der Waals surface area contributed by atoms with Gasteiger partial charge >= 0.3 is 6.09 Å². The van der Waals surface area contributed by atoms with Crippen molar-refractivity contribution in [2.45, 2.75) is 77.6 Å². The van der Waals surface area contributed by atoms with E-state index in [1.54, 1.807) is 0 Å². The minimum Gasteiger partial charge on any atom is -0.444 e. The molecule has 1 fully saturated rings. The molecule has 2 rings (SSSR count). The van der Waals surface area contributed by atoms with Crippen LogP contribution in [0.3, 0.4) is 0 Å². The summed E-state index contributed by atoms with van der Waals surface area (Å²) in [6.07, 6.45) is 7.10. The zero-order valence-electron chi connectivity index (χ0n) is 17.1. The summed E-state index contributed by atoms with van der Waals surface area (Å²) in [6.45, 7) is 7.78. The highest BCUT2D eigenvalue weighted by molar-refractivity contribution is 5.67. The molecule has 1 saturated heterocycles. The second kappa shape index (κ2) is 11.3. The smallest absolute Gasteiger partial charge is 0.407 e. The molecule has 0 bridgehead atoms. The van der Waals surface area contributed by atoms with E-state index in [2.05, 4.69) is 29.6 Å². The van der Waals surface area contributed by atoms with Gasteiger partial charge in [-0.1, -0.05) is 24.3 Å². The fourth-order valence-electron chi connectivity index (χ4n) is 2.98. The average Bonchev–Trinajstić information content (AvgIpc) is 2.62. The lowest BCUT2D eigenvalue weighted by molar-refractivity contribution is -0.162. The first-order valence-corrected chi connectivity index (χ1v) is 10.2. The molecule has 1 unspecified atom stereocenters. The number of nitrogens with one attached hydrogen (secondary N) is 1. The van der Waals surface area contributed by atoms with Crippen LogP contribution < -0.4 is 5.32 Å². The van der Waals surface area contributed by atoms with Crippen LogP contribution in [0.4, 0.5) is 4.79 Å². The van der Waals surface area contributed by atoms with Crippen LogP contribution in [0.1, 0.15) is 64.0 Å². The number of carbonyl (C=O) groups is 1. The molecule has 0 aromatic heterocycles. The Bertz CT molecular complexity index is 544. The summed E-state index contributed by atoms with van der Waals surface area (Å²) in [7, 11) is 0. The minimum atomic E-state index is -0.458. The molecule has 1 N–H and O–H groups in total. The van der Waals surface area contributed by atoms with Crippen molar-refractivity contribution in [2.24, 2.45) is 0 Å². The number of hydrogen-bond acceptors (Lipinski definition) is 4. The molecule has 1 aliphatic rings. The minimum absolute atomic E-state index is 0.0207. The van der Waals surface area contributed by atoms with Crippen LogP contribution >= 0.6 is 0 Å². The predicted molar refractivity (Wildman–Crippen MR) is 107 cm³/mol. The summed E-state index contributed by atoms with van der Waals surface area (Å²) < 4.78 is 16.6. The molecule has 0 radical (unpaired) electrons. The molecule has 1 aliphatic heterocycles. The standard InChI is InChI=1S/C22H35NO4/c1-22(2,3)27-21(24)23-15-14-19-12-10-18(11-13-19)8-4-6-16-25-20-9-5-7-17-26-20/h10-13,20H,4-9,14-17H2,1-3H3,(H,23,24). The van der Waals surface area contributed by atoms with Crippen LogP contribution in [0.25, 0.3) is 0 Å². The lowest BCUT2D eigenvalue weighted by Crippen LogP contribution is -2.33. The fourth-order valence-corrected chi connectivity index (χ4v) is 2.98. The molecular weight excluding hydrogens is 342 g/mol. The lowest BCUT2D eigenvalue weighted by atomic mass is 10.0. The third-order valence-corrected chi connectivity index (χ3v) is 4.41. The van der Waals surface area contributed by atoms with Crippen LogP contribution in [-0.4, -0.2) is 37.7 Å². The highest BCUT2D eigenvalue weighted by Crippen LogP contribution is 2.14. The van der Waals surface area contributed by atoms with Crippen molar-refractivity contribution in [3.63, 3.8) is 0 Å². The van der Waals surface area contributed by atoms with E-state index < -0.39 is 5.60 Å². The summed E-state index contributed by atoms with van der Waals surface area (Å²) in [4.78, 5) is 11.6. The van der Waals surface area contributed by atoms with Crippen molar-refractivity contribution in [1.82, 2.24) is 5.32 Å². The van der Waals surface area contributed by atoms with Gasteiger partial charge in [0.15, 0.2) is 6.29 Å². The Hall–Kier alpha value is -1.59. The van der Waals surface area contributed by atoms with Gasteiger partial charge in [0, 0.05) is 19.8 Å². The normalized spacial score (nSPS) is 17.5. The molecule has 0 aliphatic carbocycles. The summed E-state index contributed by atoms with van der Waals surface area (Å²) in [5.41, 5.74) is 2.10. The van der Waals surface area contributed by atoms with E-state index in [-0.39, 0.29) is 12.4 Å². The predicted octanol–water partition coefficient (Wildman–Crippen LogP) is 4.62. The van der Waals surface area contributed by atoms with Gasteiger partial charge in [-0.3, -0.25) is 0 Å². The highest BCUT2D eigenvalue weighted by Gasteiger charge is 2.15. The molecule has 1 aromatic rings. The Labute approximate surface area is 163 Å². The number of alkyl carbamates (subject to hydrolysis) is 1. The topological polar surface area (TPSA) is 56.8 Å². The number of ether oxygens (including phenoxy) is 3. The van der Waals surface area contributed by atoms with E-state index >= 15 is 0 Å². The van der Waals surface area contributed by atoms with Gasteiger partial charge in [-0.2, -0.15) is 0 Å². The second-order valence-corrected chi connectivity index (χ2v) is 8.12. The van der Waals surface area contributed by atoms with E-state index in [1.807, 2.05) is 20.8 Å². The van der Waals surface area contributed by atoms with Crippen LogP contribution in [0, 0.1) is 0 Å². The highest BCUT2D eigenvalue weighted by atomic mass is 16.7. The number of carbonyl (C=O) groups excluding carboxylic acids is 1. The maximum absolute atomic E-state index is 11.6. The Morgan fingerprint density at radius 3 is 2.44 bits per heavy atom. The average molecular weight is 378 g/mol. The van der Waals surface area contributed by atoms with Gasteiger partial charge in [0.1, 0.15) is 5.60 Å². The number of rotatable bonds is 9. The molecular formula is C22H35NO4. The van der Waals surface area contributed by atoms with Gasteiger partial charge in [0.05, 0.1) is 0 Å². The largest absolute Gasteiger partial charge is 0.444 e. The number of aryl methyl sites for hydroxylation is 1. The van der Waals surface area contributed by atoms with Crippen LogP contribution in [0.2, 0.25) is 0 Å². The SMILES string of the molecule is CC(C)(C)OC(=O)NCCc1ccc(CCCCOC2CCCCO2)cc1. The van der Waals surface area contributed by atoms with Gasteiger partial charge < -0.3 is 19.5 Å². The molecule has 27 heavy (non-hydrogen) atoms. The van der Waals surface area contributed by atoms with Gasteiger partial charge in [-0.05, 0) is 76.8 Å².